The maximum Gasteiger partial charge on any atom is 0.232 e. The third-order valence-electron chi connectivity index (χ3n) is 2.74. The van der Waals surface area contributed by atoms with Gasteiger partial charge in [-0.3, -0.25) is 9.69 Å². The lowest BCUT2D eigenvalue weighted by Crippen LogP contribution is -2.31. The van der Waals surface area contributed by atoms with Crippen molar-refractivity contribution in [2.24, 2.45) is 5.73 Å². The number of hydrogen-bond acceptors (Lipinski definition) is 4. The average Bonchev–Trinajstić information content (AvgIpc) is 2.54. The monoisotopic (exact) mass is 256 g/mol. The Morgan fingerprint density at radius 3 is 2.59 bits per heavy atom. The molecule has 5 nitrogen and oxygen atoms in total. The van der Waals surface area contributed by atoms with Crippen LogP contribution in [0.4, 0.5) is 5.95 Å². The Kier molecular flexibility index (Phi) is 5.31. The van der Waals surface area contributed by atoms with E-state index >= 15 is 0 Å². The fourth-order valence-corrected chi connectivity index (χ4v) is 1.79. The first kappa shape index (κ1) is 13.9. The van der Waals surface area contributed by atoms with Gasteiger partial charge in [-0.25, -0.2) is 9.97 Å². The molecule has 1 saturated heterocycles. The molecule has 0 aromatic carbocycles. The fourth-order valence-electron chi connectivity index (χ4n) is 1.79. The normalized spacial score (nSPS) is 16.3. The van der Waals surface area contributed by atoms with Gasteiger partial charge in [0.25, 0.3) is 0 Å². The van der Waals surface area contributed by atoms with Crippen molar-refractivity contribution < 1.29 is 4.79 Å². The number of carbonyl (C=O) groups is 1. The predicted octanol–water partition coefficient (Wildman–Crippen LogP) is 1.26. The zero-order chi connectivity index (χ0) is 11.4. The van der Waals surface area contributed by atoms with Crippen LogP contribution in [0.1, 0.15) is 31.2 Å². The van der Waals surface area contributed by atoms with Crippen LogP contribution in [0.2, 0.25) is 0 Å². The highest BCUT2D eigenvalue weighted by Crippen LogP contribution is 2.16. The third-order valence-corrected chi connectivity index (χ3v) is 2.74. The maximum absolute atomic E-state index is 11.8. The van der Waals surface area contributed by atoms with E-state index in [2.05, 4.69) is 9.97 Å². The van der Waals surface area contributed by atoms with E-state index in [0.29, 0.717) is 18.9 Å². The SMILES string of the molecule is Cl.NCc1cnc(N2CCCCCC2=O)nc1. The summed E-state index contributed by atoms with van der Waals surface area (Å²) in [4.78, 5) is 21.8. The molecule has 1 fully saturated rings. The van der Waals surface area contributed by atoms with Crippen molar-refractivity contribution in [2.75, 3.05) is 11.4 Å². The van der Waals surface area contributed by atoms with Crippen molar-refractivity contribution in [1.29, 1.82) is 0 Å². The number of halogens is 1. The van der Waals surface area contributed by atoms with Crippen LogP contribution in [0.15, 0.2) is 12.4 Å². The number of hydrogen-bond donors (Lipinski definition) is 1. The van der Waals surface area contributed by atoms with Gasteiger partial charge in [0, 0.05) is 37.5 Å². The standard InChI is InChI=1S/C11H16N4O.ClH/c12-6-9-7-13-11(14-8-9)15-5-3-1-2-4-10(15)16;/h7-8H,1-6,12H2;1H. The molecule has 0 bridgehead atoms. The summed E-state index contributed by atoms with van der Waals surface area (Å²) in [6.07, 6.45) is 7.05. The summed E-state index contributed by atoms with van der Waals surface area (Å²) in [5.74, 6) is 0.627. The fraction of sp³-hybridized carbons (Fsp3) is 0.545. The van der Waals surface area contributed by atoms with Gasteiger partial charge in [0.2, 0.25) is 11.9 Å². The Morgan fingerprint density at radius 2 is 1.94 bits per heavy atom. The van der Waals surface area contributed by atoms with E-state index < -0.39 is 0 Å². The summed E-state index contributed by atoms with van der Waals surface area (Å²) in [6.45, 7) is 1.15. The summed E-state index contributed by atoms with van der Waals surface area (Å²) < 4.78 is 0. The number of nitrogens with zero attached hydrogens (tertiary/aromatic N) is 3. The van der Waals surface area contributed by atoms with Crippen LogP contribution in [-0.4, -0.2) is 22.4 Å². The van der Waals surface area contributed by atoms with E-state index in [-0.39, 0.29) is 18.3 Å². The second kappa shape index (κ2) is 6.51. The molecule has 0 saturated carbocycles. The van der Waals surface area contributed by atoms with Crippen LogP contribution in [-0.2, 0) is 11.3 Å². The molecule has 2 heterocycles. The molecule has 1 amide bonds. The summed E-state index contributed by atoms with van der Waals surface area (Å²) in [5, 5.41) is 0. The van der Waals surface area contributed by atoms with Crippen molar-refractivity contribution in [3.63, 3.8) is 0 Å². The van der Waals surface area contributed by atoms with Gasteiger partial charge < -0.3 is 5.73 Å². The van der Waals surface area contributed by atoms with Crippen LogP contribution in [0.5, 0.6) is 0 Å². The molecule has 0 radical (unpaired) electrons. The largest absolute Gasteiger partial charge is 0.326 e. The minimum Gasteiger partial charge on any atom is -0.326 e. The average molecular weight is 257 g/mol. The highest BCUT2D eigenvalue weighted by Gasteiger charge is 2.19. The van der Waals surface area contributed by atoms with Crippen molar-refractivity contribution in [1.82, 2.24) is 9.97 Å². The first-order chi connectivity index (χ1) is 7.81. The molecule has 1 aliphatic rings. The van der Waals surface area contributed by atoms with Gasteiger partial charge in [-0.2, -0.15) is 0 Å². The number of anilines is 1. The maximum atomic E-state index is 11.8. The van der Waals surface area contributed by atoms with Crippen LogP contribution < -0.4 is 10.6 Å². The van der Waals surface area contributed by atoms with Crippen LogP contribution >= 0.6 is 12.4 Å². The topological polar surface area (TPSA) is 72.1 Å². The van der Waals surface area contributed by atoms with Crippen LogP contribution in [0.3, 0.4) is 0 Å². The smallest absolute Gasteiger partial charge is 0.232 e. The first-order valence-corrected chi connectivity index (χ1v) is 5.62. The van der Waals surface area contributed by atoms with Gasteiger partial charge in [0.15, 0.2) is 0 Å². The van der Waals surface area contributed by atoms with E-state index in [4.69, 9.17) is 5.73 Å². The summed E-state index contributed by atoms with van der Waals surface area (Å²) >= 11 is 0. The number of rotatable bonds is 2. The molecule has 1 aliphatic heterocycles. The van der Waals surface area contributed by atoms with E-state index in [9.17, 15) is 4.79 Å². The highest BCUT2D eigenvalue weighted by atomic mass is 35.5. The Balaban J connectivity index is 0.00000144. The molecule has 2 rings (SSSR count). The van der Waals surface area contributed by atoms with Gasteiger partial charge in [0.05, 0.1) is 0 Å². The second-order valence-corrected chi connectivity index (χ2v) is 3.95. The Hall–Kier alpha value is -1.20. The molecule has 1 aromatic heterocycles. The summed E-state index contributed by atoms with van der Waals surface area (Å²) in [7, 11) is 0. The Morgan fingerprint density at radius 1 is 1.24 bits per heavy atom. The Labute approximate surface area is 107 Å². The number of amides is 1. The molecule has 6 heteroatoms. The van der Waals surface area contributed by atoms with Gasteiger partial charge in [-0.15, -0.1) is 12.4 Å². The molecular formula is C11H17ClN4O. The minimum atomic E-state index is 0. The van der Waals surface area contributed by atoms with E-state index in [1.165, 1.54) is 0 Å². The molecule has 2 N–H and O–H groups in total. The molecule has 0 unspecified atom stereocenters. The van der Waals surface area contributed by atoms with E-state index in [1.807, 2.05) is 0 Å². The number of carbonyl (C=O) groups excluding carboxylic acids is 1. The van der Waals surface area contributed by atoms with Gasteiger partial charge in [-0.05, 0) is 12.8 Å². The third kappa shape index (κ3) is 3.38. The lowest BCUT2D eigenvalue weighted by atomic mass is 10.2. The summed E-state index contributed by atoms with van der Waals surface area (Å²) in [6, 6.07) is 0. The van der Waals surface area contributed by atoms with Crippen molar-refractivity contribution in [3.05, 3.63) is 18.0 Å². The molecule has 1 aromatic rings. The molecular weight excluding hydrogens is 240 g/mol. The molecule has 0 aliphatic carbocycles. The highest BCUT2D eigenvalue weighted by molar-refractivity contribution is 5.91. The molecule has 0 atom stereocenters. The summed E-state index contributed by atoms with van der Waals surface area (Å²) in [5.41, 5.74) is 6.35. The predicted molar refractivity (Wildman–Crippen MR) is 68.0 cm³/mol. The molecule has 94 valence electrons. The van der Waals surface area contributed by atoms with E-state index in [0.717, 1.165) is 31.4 Å². The van der Waals surface area contributed by atoms with Crippen molar-refractivity contribution in [2.45, 2.75) is 32.2 Å². The molecule has 0 spiro atoms. The van der Waals surface area contributed by atoms with Gasteiger partial charge in [0.1, 0.15) is 0 Å². The zero-order valence-corrected chi connectivity index (χ0v) is 10.4. The van der Waals surface area contributed by atoms with Crippen LogP contribution in [0.25, 0.3) is 0 Å². The van der Waals surface area contributed by atoms with E-state index in [1.54, 1.807) is 17.3 Å². The lowest BCUT2D eigenvalue weighted by Gasteiger charge is -2.17. The minimum absolute atomic E-state index is 0. The first-order valence-electron chi connectivity index (χ1n) is 5.62. The number of aromatic nitrogens is 2. The van der Waals surface area contributed by atoms with Crippen molar-refractivity contribution >= 4 is 24.3 Å². The van der Waals surface area contributed by atoms with Gasteiger partial charge >= 0.3 is 0 Å². The number of nitrogens with two attached hydrogens (primary N) is 1. The Bertz CT molecular complexity index is 368. The van der Waals surface area contributed by atoms with Gasteiger partial charge in [-0.1, -0.05) is 6.42 Å². The molecule has 17 heavy (non-hydrogen) atoms. The second-order valence-electron chi connectivity index (χ2n) is 3.95. The lowest BCUT2D eigenvalue weighted by molar-refractivity contribution is -0.118. The van der Waals surface area contributed by atoms with Crippen LogP contribution in [0, 0.1) is 0 Å². The van der Waals surface area contributed by atoms with Crippen molar-refractivity contribution in [3.8, 4) is 0 Å². The zero-order valence-electron chi connectivity index (χ0n) is 9.63. The quantitative estimate of drug-likeness (QED) is 0.865.